The van der Waals surface area contributed by atoms with Crippen molar-refractivity contribution in [3.8, 4) is 11.5 Å². The summed E-state index contributed by atoms with van der Waals surface area (Å²) in [5, 5.41) is 5.65. The third kappa shape index (κ3) is 3.74. The lowest BCUT2D eigenvalue weighted by Gasteiger charge is -2.18. The van der Waals surface area contributed by atoms with Crippen molar-refractivity contribution in [3.05, 3.63) is 46.2 Å². The van der Waals surface area contributed by atoms with Crippen molar-refractivity contribution in [2.24, 2.45) is 0 Å². The molecule has 0 bridgehead atoms. The van der Waals surface area contributed by atoms with Gasteiger partial charge in [0.1, 0.15) is 11.5 Å². The van der Waals surface area contributed by atoms with E-state index in [9.17, 15) is 0 Å². The Morgan fingerprint density at radius 2 is 2.05 bits per heavy atom. The molecule has 1 aromatic heterocycles. The monoisotopic (exact) mass is 291 g/mol. The molecule has 20 heavy (non-hydrogen) atoms. The van der Waals surface area contributed by atoms with Gasteiger partial charge in [0.2, 0.25) is 0 Å². The summed E-state index contributed by atoms with van der Waals surface area (Å²) in [7, 11) is 3.38. The molecule has 0 amide bonds. The van der Waals surface area contributed by atoms with E-state index in [-0.39, 0.29) is 6.04 Å². The van der Waals surface area contributed by atoms with Crippen molar-refractivity contribution in [2.75, 3.05) is 20.8 Å². The van der Waals surface area contributed by atoms with Crippen molar-refractivity contribution in [1.82, 2.24) is 5.32 Å². The van der Waals surface area contributed by atoms with Crippen LogP contribution in [-0.4, -0.2) is 20.8 Å². The second kappa shape index (κ2) is 7.31. The van der Waals surface area contributed by atoms with Gasteiger partial charge in [0.15, 0.2) is 0 Å². The van der Waals surface area contributed by atoms with Crippen molar-refractivity contribution < 1.29 is 9.47 Å². The molecule has 4 heteroatoms. The maximum atomic E-state index is 5.42. The Morgan fingerprint density at radius 3 is 2.70 bits per heavy atom. The molecule has 1 unspecified atom stereocenters. The van der Waals surface area contributed by atoms with E-state index < -0.39 is 0 Å². The van der Waals surface area contributed by atoms with Crippen LogP contribution >= 0.6 is 11.3 Å². The lowest BCUT2D eigenvalue weighted by Crippen LogP contribution is -2.21. The maximum absolute atomic E-state index is 5.42. The average Bonchev–Trinajstić information content (AvgIpc) is 2.99. The molecule has 1 N–H and O–H groups in total. The number of ether oxygens (including phenoxy) is 2. The number of benzene rings is 1. The molecule has 0 aliphatic rings. The molecule has 0 saturated carbocycles. The maximum Gasteiger partial charge on any atom is 0.123 e. The van der Waals surface area contributed by atoms with Crippen LogP contribution in [0.2, 0.25) is 0 Å². The fourth-order valence-corrected chi connectivity index (χ4v) is 2.86. The van der Waals surface area contributed by atoms with Gasteiger partial charge < -0.3 is 14.8 Å². The van der Waals surface area contributed by atoms with Crippen LogP contribution in [0.3, 0.4) is 0 Å². The molecule has 1 atom stereocenters. The van der Waals surface area contributed by atoms with E-state index >= 15 is 0 Å². The molecule has 0 aliphatic heterocycles. The first-order valence-corrected chi connectivity index (χ1v) is 7.60. The molecule has 0 fully saturated rings. The summed E-state index contributed by atoms with van der Waals surface area (Å²) in [4.78, 5) is 1.40. The van der Waals surface area contributed by atoms with Gasteiger partial charge >= 0.3 is 0 Å². The number of hydrogen-bond acceptors (Lipinski definition) is 4. The Morgan fingerprint density at radius 1 is 1.20 bits per heavy atom. The highest BCUT2D eigenvalue weighted by atomic mass is 32.1. The predicted molar refractivity (Wildman–Crippen MR) is 84.0 cm³/mol. The third-order valence-corrected chi connectivity index (χ3v) is 4.24. The Bertz CT molecular complexity index is 525. The molecule has 3 nitrogen and oxygen atoms in total. The Labute approximate surface area is 124 Å². The highest BCUT2D eigenvalue weighted by Crippen LogP contribution is 2.29. The lowest BCUT2D eigenvalue weighted by molar-refractivity contribution is 0.392. The summed E-state index contributed by atoms with van der Waals surface area (Å²) >= 11 is 1.80. The molecule has 108 valence electrons. The first-order chi connectivity index (χ1) is 9.74. The quantitative estimate of drug-likeness (QED) is 0.844. The van der Waals surface area contributed by atoms with Gasteiger partial charge in [-0.1, -0.05) is 6.07 Å². The first kappa shape index (κ1) is 14.9. The molecule has 2 aromatic rings. The normalized spacial score (nSPS) is 12.2. The largest absolute Gasteiger partial charge is 0.497 e. The molecular formula is C16H21NO2S. The second-order valence-corrected chi connectivity index (χ2v) is 5.65. The summed E-state index contributed by atoms with van der Waals surface area (Å²) in [6.07, 6.45) is 1.05. The second-order valence-electron chi connectivity index (χ2n) is 4.61. The Kier molecular flexibility index (Phi) is 5.44. The van der Waals surface area contributed by atoms with Crippen LogP contribution in [0.15, 0.2) is 35.7 Å². The zero-order valence-electron chi connectivity index (χ0n) is 12.2. The smallest absolute Gasteiger partial charge is 0.123 e. The summed E-state index contributed by atoms with van der Waals surface area (Å²) in [6.45, 7) is 3.09. The average molecular weight is 291 g/mol. The zero-order chi connectivity index (χ0) is 14.4. The third-order valence-electron chi connectivity index (χ3n) is 3.31. The van der Waals surface area contributed by atoms with E-state index in [1.54, 1.807) is 25.6 Å². The van der Waals surface area contributed by atoms with Crippen LogP contribution in [0.1, 0.15) is 23.4 Å². The van der Waals surface area contributed by atoms with Gasteiger partial charge in [0.25, 0.3) is 0 Å². The number of methoxy groups -OCH3 is 2. The van der Waals surface area contributed by atoms with Crippen molar-refractivity contribution in [3.63, 3.8) is 0 Å². The van der Waals surface area contributed by atoms with Gasteiger partial charge in [-0.3, -0.25) is 0 Å². The highest BCUT2D eigenvalue weighted by molar-refractivity contribution is 7.09. The molecule has 0 radical (unpaired) electrons. The van der Waals surface area contributed by atoms with Gasteiger partial charge in [0.05, 0.1) is 14.2 Å². The topological polar surface area (TPSA) is 30.5 Å². The van der Waals surface area contributed by atoms with E-state index in [1.807, 2.05) is 18.2 Å². The minimum Gasteiger partial charge on any atom is -0.497 e. The minimum absolute atomic E-state index is 0.222. The summed E-state index contributed by atoms with van der Waals surface area (Å²) in [6, 6.07) is 10.4. The molecule has 2 rings (SSSR count). The highest BCUT2D eigenvalue weighted by Gasteiger charge is 2.12. The number of thiophene rings is 1. The molecule has 0 aliphatic carbocycles. The Balaban J connectivity index is 1.98. The molecule has 0 saturated heterocycles. The van der Waals surface area contributed by atoms with Crippen LogP contribution in [0.5, 0.6) is 11.5 Å². The summed E-state index contributed by atoms with van der Waals surface area (Å²) in [5.41, 5.74) is 1.12. The molecule has 1 aromatic carbocycles. The predicted octanol–water partition coefficient (Wildman–Crippen LogP) is 3.66. The van der Waals surface area contributed by atoms with Gasteiger partial charge in [-0.15, -0.1) is 11.3 Å². The fraction of sp³-hybridized carbons (Fsp3) is 0.375. The van der Waals surface area contributed by atoms with E-state index in [4.69, 9.17) is 9.47 Å². The number of rotatable bonds is 7. The van der Waals surface area contributed by atoms with Crippen LogP contribution in [0, 0.1) is 0 Å². The van der Waals surface area contributed by atoms with Crippen LogP contribution < -0.4 is 14.8 Å². The van der Waals surface area contributed by atoms with Gasteiger partial charge in [0, 0.05) is 23.0 Å². The van der Waals surface area contributed by atoms with Crippen LogP contribution in [-0.2, 0) is 6.42 Å². The molecule has 1 heterocycles. The van der Waals surface area contributed by atoms with Crippen molar-refractivity contribution >= 4 is 11.3 Å². The Hall–Kier alpha value is -1.52. The summed E-state index contributed by atoms with van der Waals surface area (Å²) < 4.78 is 10.7. The standard InChI is InChI=1S/C16H21NO2S/c1-12(17-9-8-14-5-4-10-20-14)15-11-13(18-2)6-7-16(15)19-3/h4-7,10-12,17H,8-9H2,1-3H3. The van der Waals surface area contributed by atoms with Crippen molar-refractivity contribution in [2.45, 2.75) is 19.4 Å². The van der Waals surface area contributed by atoms with E-state index in [2.05, 4.69) is 29.8 Å². The first-order valence-electron chi connectivity index (χ1n) is 6.72. The summed E-state index contributed by atoms with van der Waals surface area (Å²) in [5.74, 6) is 1.75. The molecule has 0 spiro atoms. The van der Waals surface area contributed by atoms with E-state index in [0.717, 1.165) is 30.0 Å². The lowest BCUT2D eigenvalue weighted by atomic mass is 10.1. The molecular weight excluding hydrogens is 270 g/mol. The van der Waals surface area contributed by atoms with Crippen LogP contribution in [0.25, 0.3) is 0 Å². The number of nitrogens with one attached hydrogen (secondary N) is 1. The zero-order valence-corrected chi connectivity index (χ0v) is 13.0. The minimum atomic E-state index is 0.222. The SMILES string of the molecule is COc1ccc(OC)c(C(C)NCCc2cccs2)c1. The van der Waals surface area contributed by atoms with Gasteiger partial charge in [-0.25, -0.2) is 0 Å². The van der Waals surface area contributed by atoms with Crippen LogP contribution in [0.4, 0.5) is 0 Å². The van der Waals surface area contributed by atoms with E-state index in [0.29, 0.717) is 0 Å². The van der Waals surface area contributed by atoms with Gasteiger partial charge in [-0.2, -0.15) is 0 Å². The van der Waals surface area contributed by atoms with Gasteiger partial charge in [-0.05, 0) is 43.0 Å². The number of hydrogen-bond donors (Lipinski definition) is 1. The van der Waals surface area contributed by atoms with Crippen molar-refractivity contribution in [1.29, 1.82) is 0 Å². The van der Waals surface area contributed by atoms with E-state index in [1.165, 1.54) is 4.88 Å². The fourth-order valence-electron chi connectivity index (χ4n) is 2.15.